The van der Waals surface area contributed by atoms with Gasteiger partial charge in [0.1, 0.15) is 4.90 Å². The maximum absolute atomic E-state index is 12.2. The zero-order valence-corrected chi connectivity index (χ0v) is 10.6. The van der Waals surface area contributed by atoms with Gasteiger partial charge in [0.2, 0.25) is 10.0 Å². The molecule has 2 bridgehead atoms. The highest BCUT2D eigenvalue weighted by molar-refractivity contribution is 7.89. The molecule has 1 heterocycles. The van der Waals surface area contributed by atoms with Gasteiger partial charge in [-0.2, -0.15) is 5.10 Å². The summed E-state index contributed by atoms with van der Waals surface area (Å²) in [6, 6.07) is 0.132. The Hall–Kier alpha value is -0.880. The van der Waals surface area contributed by atoms with Gasteiger partial charge < -0.3 is 0 Å². The number of hydrogen-bond donors (Lipinski definition) is 2. The third-order valence-electron chi connectivity index (χ3n) is 4.12. The lowest BCUT2D eigenvalue weighted by atomic mass is 9.96. The molecule has 0 radical (unpaired) electrons. The molecule has 0 aliphatic heterocycles. The lowest BCUT2D eigenvalue weighted by Crippen LogP contribution is -2.38. The van der Waals surface area contributed by atoms with Crippen LogP contribution in [-0.2, 0) is 10.0 Å². The predicted octanol–water partition coefficient (Wildman–Crippen LogP) is 1.19. The quantitative estimate of drug-likeness (QED) is 0.851. The maximum Gasteiger partial charge on any atom is 0.244 e. The Morgan fingerprint density at radius 3 is 2.76 bits per heavy atom. The van der Waals surface area contributed by atoms with Gasteiger partial charge in [0, 0.05) is 6.04 Å². The van der Waals surface area contributed by atoms with E-state index in [9.17, 15) is 8.42 Å². The monoisotopic (exact) mass is 255 g/mol. The van der Waals surface area contributed by atoms with Crippen molar-refractivity contribution < 1.29 is 8.42 Å². The highest BCUT2D eigenvalue weighted by Crippen LogP contribution is 2.44. The molecule has 6 heteroatoms. The highest BCUT2D eigenvalue weighted by Gasteiger charge is 2.41. The van der Waals surface area contributed by atoms with Crippen molar-refractivity contribution in [1.29, 1.82) is 0 Å². The van der Waals surface area contributed by atoms with Crippen LogP contribution in [0.1, 0.15) is 31.4 Å². The first kappa shape index (κ1) is 11.2. The first-order valence-corrected chi connectivity index (χ1v) is 7.57. The van der Waals surface area contributed by atoms with Crippen LogP contribution >= 0.6 is 0 Å². The van der Waals surface area contributed by atoms with Crippen molar-refractivity contribution >= 4 is 10.0 Å². The Kier molecular flexibility index (Phi) is 2.52. The van der Waals surface area contributed by atoms with Gasteiger partial charge in [-0.1, -0.05) is 6.42 Å². The van der Waals surface area contributed by atoms with E-state index in [4.69, 9.17) is 0 Å². The smallest absolute Gasteiger partial charge is 0.244 e. The van der Waals surface area contributed by atoms with Gasteiger partial charge in [0.25, 0.3) is 0 Å². The fourth-order valence-electron chi connectivity index (χ4n) is 3.26. The molecule has 3 unspecified atom stereocenters. The van der Waals surface area contributed by atoms with E-state index in [2.05, 4.69) is 14.9 Å². The summed E-state index contributed by atoms with van der Waals surface area (Å²) in [5, 5.41) is 6.43. The van der Waals surface area contributed by atoms with Crippen LogP contribution < -0.4 is 4.72 Å². The van der Waals surface area contributed by atoms with E-state index in [0.29, 0.717) is 11.6 Å². The fraction of sp³-hybridized carbons (Fsp3) is 0.727. The molecule has 5 nitrogen and oxygen atoms in total. The van der Waals surface area contributed by atoms with Crippen molar-refractivity contribution in [3.05, 3.63) is 11.9 Å². The van der Waals surface area contributed by atoms with E-state index < -0.39 is 10.0 Å². The number of fused-ring (bicyclic) bond motifs is 2. The van der Waals surface area contributed by atoms with Crippen LogP contribution in [0.3, 0.4) is 0 Å². The molecule has 2 aliphatic carbocycles. The van der Waals surface area contributed by atoms with Gasteiger partial charge in [-0.3, -0.25) is 5.10 Å². The van der Waals surface area contributed by atoms with Gasteiger partial charge in [0.05, 0.1) is 11.9 Å². The van der Waals surface area contributed by atoms with Crippen LogP contribution in [0.25, 0.3) is 0 Å². The molecule has 0 saturated heterocycles. The topological polar surface area (TPSA) is 74.8 Å². The van der Waals surface area contributed by atoms with Crippen LogP contribution in [0.15, 0.2) is 11.1 Å². The van der Waals surface area contributed by atoms with E-state index in [-0.39, 0.29) is 10.9 Å². The molecule has 1 aromatic rings. The van der Waals surface area contributed by atoms with Crippen LogP contribution in [-0.4, -0.2) is 24.7 Å². The number of aryl methyl sites for hydroxylation is 1. The minimum absolute atomic E-state index is 0.132. The van der Waals surface area contributed by atoms with E-state index in [1.807, 2.05) is 0 Å². The minimum atomic E-state index is -3.40. The summed E-state index contributed by atoms with van der Waals surface area (Å²) in [7, 11) is -3.40. The van der Waals surface area contributed by atoms with Crippen molar-refractivity contribution in [2.45, 2.75) is 43.5 Å². The molecule has 2 aliphatic rings. The molecular formula is C11H17N3O2S. The Balaban J connectivity index is 1.79. The number of rotatable bonds is 3. The molecule has 3 atom stereocenters. The highest BCUT2D eigenvalue weighted by atomic mass is 32.2. The molecule has 1 aromatic heterocycles. The number of hydrogen-bond acceptors (Lipinski definition) is 3. The number of nitrogens with zero attached hydrogens (tertiary/aromatic N) is 1. The van der Waals surface area contributed by atoms with Gasteiger partial charge in [0.15, 0.2) is 0 Å². The van der Waals surface area contributed by atoms with E-state index in [1.54, 1.807) is 6.92 Å². The number of sulfonamides is 1. The molecular weight excluding hydrogens is 238 g/mol. The Labute approximate surface area is 101 Å². The third-order valence-corrected chi connectivity index (χ3v) is 5.72. The number of H-pyrrole nitrogens is 1. The summed E-state index contributed by atoms with van der Waals surface area (Å²) in [5.41, 5.74) is 0.598. The minimum Gasteiger partial charge on any atom is -0.281 e. The average Bonchev–Trinajstić information content (AvgIpc) is 2.92. The lowest BCUT2D eigenvalue weighted by Gasteiger charge is -2.22. The molecule has 17 heavy (non-hydrogen) atoms. The molecule has 2 saturated carbocycles. The summed E-state index contributed by atoms with van der Waals surface area (Å²) in [6.45, 7) is 1.72. The third kappa shape index (κ3) is 1.89. The molecule has 3 rings (SSSR count). The van der Waals surface area contributed by atoms with E-state index >= 15 is 0 Å². The first-order valence-electron chi connectivity index (χ1n) is 6.08. The lowest BCUT2D eigenvalue weighted by molar-refractivity contribution is 0.390. The second-order valence-electron chi connectivity index (χ2n) is 5.26. The van der Waals surface area contributed by atoms with Crippen molar-refractivity contribution in [2.75, 3.05) is 0 Å². The van der Waals surface area contributed by atoms with E-state index in [1.165, 1.54) is 25.5 Å². The normalized spacial score (nSPS) is 32.2. The summed E-state index contributed by atoms with van der Waals surface area (Å²) in [4.78, 5) is 0.278. The molecule has 2 fully saturated rings. The first-order chi connectivity index (χ1) is 8.06. The largest absolute Gasteiger partial charge is 0.281 e. The van der Waals surface area contributed by atoms with Crippen LogP contribution in [0, 0.1) is 18.8 Å². The summed E-state index contributed by atoms with van der Waals surface area (Å²) < 4.78 is 27.2. The molecule has 0 spiro atoms. The maximum atomic E-state index is 12.2. The SMILES string of the molecule is Cc1[nH]ncc1S(=O)(=O)NC1CC2CCC1C2. The van der Waals surface area contributed by atoms with Crippen molar-refractivity contribution in [3.8, 4) is 0 Å². The van der Waals surface area contributed by atoms with Crippen LogP contribution in [0.5, 0.6) is 0 Å². The fourth-order valence-corrected chi connectivity index (χ4v) is 4.72. The summed E-state index contributed by atoms with van der Waals surface area (Å²) >= 11 is 0. The zero-order chi connectivity index (χ0) is 12.0. The molecule has 0 amide bonds. The number of aromatic amines is 1. The second-order valence-corrected chi connectivity index (χ2v) is 6.94. The van der Waals surface area contributed by atoms with Gasteiger partial charge >= 0.3 is 0 Å². The van der Waals surface area contributed by atoms with Crippen LogP contribution in [0.2, 0.25) is 0 Å². The van der Waals surface area contributed by atoms with Gasteiger partial charge in [-0.25, -0.2) is 13.1 Å². The Morgan fingerprint density at radius 2 is 2.24 bits per heavy atom. The van der Waals surface area contributed by atoms with Crippen molar-refractivity contribution in [3.63, 3.8) is 0 Å². The second kappa shape index (κ2) is 3.81. The van der Waals surface area contributed by atoms with Gasteiger partial charge in [-0.05, 0) is 38.0 Å². The standard InChI is InChI=1S/C11H17N3O2S/c1-7-11(6-12-13-7)17(15,16)14-10-5-8-2-3-9(10)4-8/h6,8-10,14H,2-5H2,1H3,(H,12,13). The van der Waals surface area contributed by atoms with Gasteiger partial charge in [-0.15, -0.1) is 0 Å². The molecule has 94 valence electrons. The van der Waals surface area contributed by atoms with Crippen molar-refractivity contribution in [2.24, 2.45) is 11.8 Å². The van der Waals surface area contributed by atoms with Crippen molar-refractivity contribution in [1.82, 2.24) is 14.9 Å². The predicted molar refractivity (Wildman–Crippen MR) is 62.9 cm³/mol. The Morgan fingerprint density at radius 1 is 1.41 bits per heavy atom. The summed E-state index contributed by atoms with van der Waals surface area (Å²) in [5.74, 6) is 1.28. The average molecular weight is 255 g/mol. The Bertz CT molecular complexity index is 523. The number of aromatic nitrogens is 2. The molecule has 2 N–H and O–H groups in total. The summed E-state index contributed by atoms with van der Waals surface area (Å²) in [6.07, 6.45) is 6.01. The van der Waals surface area contributed by atoms with E-state index in [0.717, 1.165) is 12.3 Å². The zero-order valence-electron chi connectivity index (χ0n) is 9.81. The number of nitrogens with one attached hydrogen (secondary N) is 2. The molecule has 0 aromatic carbocycles. The van der Waals surface area contributed by atoms with Crippen LogP contribution in [0.4, 0.5) is 0 Å².